The molecule has 0 radical (unpaired) electrons. The maximum atomic E-state index is 12.8. The number of aryl methyl sites for hydroxylation is 1. The summed E-state index contributed by atoms with van der Waals surface area (Å²) in [4.78, 5) is 37.1. The number of nitro groups is 1. The lowest BCUT2D eigenvalue weighted by Crippen LogP contribution is -2.26. The van der Waals surface area contributed by atoms with Crippen molar-refractivity contribution in [3.05, 3.63) is 55.4 Å². The third-order valence-corrected chi connectivity index (χ3v) is 5.81. The Balaban J connectivity index is 1.73. The van der Waals surface area contributed by atoms with Gasteiger partial charge in [0.2, 0.25) is 5.91 Å². The monoisotopic (exact) mass is 407 g/mol. The molecule has 0 unspecified atom stereocenters. The number of carbonyl (C=O) groups is 2. The largest absolute Gasteiger partial charge is 0.337 e. The van der Waals surface area contributed by atoms with Gasteiger partial charge < -0.3 is 10.2 Å². The van der Waals surface area contributed by atoms with Crippen molar-refractivity contribution in [1.29, 1.82) is 0 Å². The van der Waals surface area contributed by atoms with Gasteiger partial charge in [0, 0.05) is 36.7 Å². The van der Waals surface area contributed by atoms with Crippen LogP contribution in [0.1, 0.15) is 33.6 Å². The first kappa shape index (κ1) is 19.3. The van der Waals surface area contributed by atoms with Gasteiger partial charge in [0.15, 0.2) is 0 Å². The van der Waals surface area contributed by atoms with E-state index in [9.17, 15) is 19.7 Å². The molecule has 1 saturated carbocycles. The third-order valence-electron chi connectivity index (χ3n) is 4.30. The number of nitro benzene ring substituents is 1. The van der Waals surface area contributed by atoms with Gasteiger partial charge in [-0.3, -0.25) is 19.7 Å². The van der Waals surface area contributed by atoms with Crippen molar-refractivity contribution in [2.75, 3.05) is 12.4 Å². The quantitative estimate of drug-likeness (QED) is 0.572. The molecule has 1 aliphatic carbocycles. The molecule has 142 valence electrons. The van der Waals surface area contributed by atoms with E-state index >= 15 is 0 Å². The summed E-state index contributed by atoms with van der Waals surface area (Å²) in [6, 6.07) is 5.93. The molecule has 1 fully saturated rings. The van der Waals surface area contributed by atoms with E-state index in [-0.39, 0.29) is 30.0 Å². The van der Waals surface area contributed by atoms with Crippen molar-refractivity contribution >= 4 is 45.4 Å². The molecule has 2 amide bonds. The molecule has 7 nitrogen and oxygen atoms in total. The Morgan fingerprint density at radius 1 is 1.37 bits per heavy atom. The molecule has 27 heavy (non-hydrogen) atoms. The molecule has 2 aromatic rings. The Hall–Kier alpha value is -2.45. The van der Waals surface area contributed by atoms with E-state index in [0.717, 1.165) is 18.4 Å². The highest BCUT2D eigenvalue weighted by Crippen LogP contribution is 2.33. The fourth-order valence-electron chi connectivity index (χ4n) is 2.62. The van der Waals surface area contributed by atoms with Crippen LogP contribution in [0.2, 0.25) is 5.02 Å². The lowest BCUT2D eigenvalue weighted by Gasteiger charge is -2.17. The van der Waals surface area contributed by atoms with Gasteiger partial charge in [0.1, 0.15) is 0 Å². The lowest BCUT2D eigenvalue weighted by atomic mass is 10.2. The molecule has 1 aromatic heterocycles. The minimum Gasteiger partial charge on any atom is -0.337 e. The average molecular weight is 408 g/mol. The van der Waals surface area contributed by atoms with Gasteiger partial charge in [-0.15, -0.1) is 11.3 Å². The van der Waals surface area contributed by atoms with Crippen LogP contribution in [0, 0.1) is 23.0 Å². The fourth-order valence-corrected chi connectivity index (χ4v) is 3.87. The summed E-state index contributed by atoms with van der Waals surface area (Å²) in [5.41, 5.74) is 1.19. The second-order valence-electron chi connectivity index (χ2n) is 6.58. The van der Waals surface area contributed by atoms with E-state index in [0.29, 0.717) is 20.5 Å². The Morgan fingerprint density at radius 3 is 2.70 bits per heavy atom. The Bertz CT molecular complexity index is 923. The van der Waals surface area contributed by atoms with Crippen molar-refractivity contribution < 1.29 is 14.5 Å². The molecule has 1 N–H and O–H groups in total. The molecule has 1 aromatic carbocycles. The molecule has 3 rings (SSSR count). The zero-order valence-corrected chi connectivity index (χ0v) is 16.4. The summed E-state index contributed by atoms with van der Waals surface area (Å²) < 4.78 is 0. The predicted octanol–water partition coefficient (Wildman–Crippen LogP) is 4.24. The van der Waals surface area contributed by atoms with Crippen molar-refractivity contribution in [3.8, 4) is 0 Å². The Labute approximate surface area is 165 Å². The summed E-state index contributed by atoms with van der Waals surface area (Å²) in [5, 5.41) is 14.8. The van der Waals surface area contributed by atoms with Gasteiger partial charge in [0.25, 0.3) is 11.6 Å². The molecule has 0 saturated heterocycles. The van der Waals surface area contributed by atoms with Crippen molar-refractivity contribution in [2.45, 2.75) is 26.3 Å². The highest BCUT2D eigenvalue weighted by Gasteiger charge is 2.30. The van der Waals surface area contributed by atoms with Crippen LogP contribution in [-0.4, -0.2) is 28.7 Å². The van der Waals surface area contributed by atoms with Crippen LogP contribution in [-0.2, 0) is 11.3 Å². The molecular formula is C18H18ClN3O4S. The van der Waals surface area contributed by atoms with E-state index in [4.69, 9.17) is 11.6 Å². The minimum absolute atomic E-state index is 0.00743. The molecule has 0 spiro atoms. The fraction of sp³-hybridized carbons (Fsp3) is 0.333. The van der Waals surface area contributed by atoms with Gasteiger partial charge in [-0.05, 0) is 43.0 Å². The number of benzene rings is 1. The van der Waals surface area contributed by atoms with Crippen LogP contribution in [0.25, 0.3) is 0 Å². The average Bonchev–Trinajstić information content (AvgIpc) is 3.40. The molecule has 1 aliphatic rings. The number of nitrogens with zero attached hydrogens (tertiary/aromatic N) is 2. The Kier molecular flexibility index (Phi) is 5.48. The van der Waals surface area contributed by atoms with Gasteiger partial charge >= 0.3 is 0 Å². The maximum absolute atomic E-state index is 12.8. The molecule has 0 atom stereocenters. The number of thiophene rings is 1. The van der Waals surface area contributed by atoms with Crippen molar-refractivity contribution in [1.82, 2.24) is 4.90 Å². The van der Waals surface area contributed by atoms with Crippen molar-refractivity contribution in [3.63, 3.8) is 0 Å². The van der Waals surface area contributed by atoms with E-state index < -0.39 is 4.92 Å². The summed E-state index contributed by atoms with van der Waals surface area (Å²) in [6.07, 6.45) is 1.82. The van der Waals surface area contributed by atoms with Crippen LogP contribution in [0.3, 0.4) is 0 Å². The van der Waals surface area contributed by atoms with Gasteiger partial charge in [-0.1, -0.05) is 11.6 Å². The zero-order valence-electron chi connectivity index (χ0n) is 14.8. The molecule has 1 heterocycles. The third kappa shape index (κ3) is 4.45. The van der Waals surface area contributed by atoms with Crippen molar-refractivity contribution in [2.24, 2.45) is 5.92 Å². The summed E-state index contributed by atoms with van der Waals surface area (Å²) in [5.74, 6) is -0.149. The number of hydrogen-bond acceptors (Lipinski definition) is 5. The Morgan fingerprint density at radius 2 is 2.07 bits per heavy atom. The highest BCUT2D eigenvalue weighted by atomic mass is 35.5. The van der Waals surface area contributed by atoms with Crippen LogP contribution >= 0.6 is 22.9 Å². The van der Waals surface area contributed by atoms with Gasteiger partial charge in [-0.2, -0.15) is 0 Å². The smallest absolute Gasteiger partial charge is 0.269 e. The second kappa shape index (κ2) is 7.66. The van der Waals surface area contributed by atoms with E-state index in [2.05, 4.69) is 5.32 Å². The lowest BCUT2D eigenvalue weighted by molar-refractivity contribution is -0.384. The number of hydrogen-bond donors (Lipinski definition) is 1. The number of nitrogens with one attached hydrogen (secondary N) is 1. The zero-order chi connectivity index (χ0) is 19.7. The van der Waals surface area contributed by atoms with Gasteiger partial charge in [-0.25, -0.2) is 0 Å². The number of non-ortho nitro benzene ring substituents is 1. The summed E-state index contributed by atoms with van der Waals surface area (Å²) in [6.45, 7) is 1.95. The number of rotatable bonds is 6. The number of carbonyl (C=O) groups excluding carboxylic acids is 2. The standard InChI is InChI=1S/C18H18ClN3O4S/c1-10-7-15(20-17(23)11-3-4-11)27-16(10)18(24)21(2)9-12-8-13(22(25)26)5-6-14(12)19/h5-8,11H,3-4,9H2,1-2H3,(H,20,23). The number of anilines is 1. The van der Waals surface area contributed by atoms with E-state index in [1.54, 1.807) is 13.1 Å². The normalized spacial score (nSPS) is 13.3. The SMILES string of the molecule is Cc1cc(NC(=O)C2CC2)sc1C(=O)N(C)Cc1cc([N+](=O)[O-])ccc1Cl. The number of amides is 2. The minimum atomic E-state index is -0.500. The maximum Gasteiger partial charge on any atom is 0.269 e. The first-order valence-electron chi connectivity index (χ1n) is 8.36. The molecular weight excluding hydrogens is 390 g/mol. The van der Waals surface area contributed by atoms with E-state index in [1.807, 2.05) is 6.92 Å². The van der Waals surface area contributed by atoms with Crippen LogP contribution in [0.4, 0.5) is 10.7 Å². The molecule has 9 heteroatoms. The summed E-state index contributed by atoms with van der Waals surface area (Å²) >= 11 is 7.35. The first-order valence-corrected chi connectivity index (χ1v) is 9.55. The topological polar surface area (TPSA) is 92.6 Å². The second-order valence-corrected chi connectivity index (χ2v) is 8.04. The first-order chi connectivity index (χ1) is 12.8. The molecule has 0 bridgehead atoms. The number of halogens is 1. The predicted molar refractivity (Wildman–Crippen MR) is 104 cm³/mol. The molecule has 0 aliphatic heterocycles. The van der Waals surface area contributed by atoms with E-state index in [1.165, 1.54) is 34.4 Å². The summed E-state index contributed by atoms with van der Waals surface area (Å²) in [7, 11) is 1.61. The van der Waals surface area contributed by atoms with Crippen LogP contribution in [0.15, 0.2) is 24.3 Å². The van der Waals surface area contributed by atoms with Crippen LogP contribution in [0.5, 0.6) is 0 Å². The highest BCUT2D eigenvalue weighted by molar-refractivity contribution is 7.18. The van der Waals surface area contributed by atoms with Crippen LogP contribution < -0.4 is 5.32 Å². The van der Waals surface area contributed by atoms with Gasteiger partial charge in [0.05, 0.1) is 14.8 Å².